The van der Waals surface area contributed by atoms with E-state index in [1.54, 1.807) is 38.1 Å². The lowest BCUT2D eigenvalue weighted by atomic mass is 9.90. The van der Waals surface area contributed by atoms with Gasteiger partial charge >= 0.3 is 5.97 Å². The van der Waals surface area contributed by atoms with Crippen molar-refractivity contribution in [2.45, 2.75) is 51.2 Å². The highest BCUT2D eigenvalue weighted by atomic mass is 16.4. The maximum absolute atomic E-state index is 10.7. The number of aromatic carboxylic acids is 1. The van der Waals surface area contributed by atoms with Gasteiger partial charge in [0, 0.05) is 0 Å². The summed E-state index contributed by atoms with van der Waals surface area (Å²) in [5, 5.41) is 28.2. The van der Waals surface area contributed by atoms with Crippen molar-refractivity contribution in [1.82, 2.24) is 0 Å². The summed E-state index contributed by atoms with van der Waals surface area (Å²) in [5.41, 5.74) is 0.216. The van der Waals surface area contributed by atoms with Gasteiger partial charge in [-0.15, -0.1) is 0 Å². The number of carbonyl (C=O) groups is 1. The topological polar surface area (TPSA) is 77.8 Å². The summed E-state index contributed by atoms with van der Waals surface area (Å²) >= 11 is 0. The molecule has 0 aliphatic heterocycles. The maximum Gasteiger partial charge on any atom is 0.335 e. The summed E-state index contributed by atoms with van der Waals surface area (Å²) in [5.74, 6) is -0.725. The standard InChI is InChI=1S/C15H22O4/c1-10(4-9-13(16)15(2,3)19)11-5-7-12(8-6-11)14(17)18/h5-8,10,13,16,19H,4,9H2,1-3H3,(H,17,18)/t10-,13+/m0/s1. The third kappa shape index (κ3) is 4.65. The van der Waals surface area contributed by atoms with Crippen LogP contribution >= 0.6 is 0 Å². The van der Waals surface area contributed by atoms with E-state index in [4.69, 9.17) is 5.11 Å². The molecule has 1 rings (SSSR count). The summed E-state index contributed by atoms with van der Waals surface area (Å²) in [7, 11) is 0. The van der Waals surface area contributed by atoms with Gasteiger partial charge in [0.15, 0.2) is 0 Å². The zero-order valence-corrected chi connectivity index (χ0v) is 11.6. The smallest absolute Gasteiger partial charge is 0.335 e. The second kappa shape index (κ2) is 6.17. The number of hydrogen-bond acceptors (Lipinski definition) is 3. The lowest BCUT2D eigenvalue weighted by molar-refractivity contribution is -0.0525. The molecule has 0 aliphatic rings. The lowest BCUT2D eigenvalue weighted by Gasteiger charge is -2.25. The molecule has 0 spiro atoms. The van der Waals surface area contributed by atoms with Crippen molar-refractivity contribution < 1.29 is 20.1 Å². The number of carboxylic acid groups (broad SMARTS) is 1. The predicted molar refractivity (Wildman–Crippen MR) is 73.4 cm³/mol. The van der Waals surface area contributed by atoms with Crippen LogP contribution in [-0.4, -0.2) is 33.0 Å². The molecule has 0 radical (unpaired) electrons. The molecule has 0 unspecified atom stereocenters. The molecule has 0 fully saturated rings. The average Bonchev–Trinajstić information content (AvgIpc) is 2.34. The van der Waals surface area contributed by atoms with E-state index in [2.05, 4.69) is 0 Å². The van der Waals surface area contributed by atoms with Gasteiger partial charge in [-0.05, 0) is 50.3 Å². The highest BCUT2D eigenvalue weighted by molar-refractivity contribution is 5.87. The van der Waals surface area contributed by atoms with Crippen LogP contribution in [0.5, 0.6) is 0 Å². The highest BCUT2D eigenvalue weighted by Gasteiger charge is 2.24. The van der Waals surface area contributed by atoms with Crippen molar-refractivity contribution in [3.05, 3.63) is 35.4 Å². The van der Waals surface area contributed by atoms with Crippen LogP contribution in [0.2, 0.25) is 0 Å². The van der Waals surface area contributed by atoms with Crippen LogP contribution in [0.25, 0.3) is 0 Å². The van der Waals surface area contributed by atoms with Gasteiger partial charge in [-0.1, -0.05) is 19.1 Å². The van der Waals surface area contributed by atoms with Crippen LogP contribution in [0, 0.1) is 0 Å². The van der Waals surface area contributed by atoms with Gasteiger partial charge in [-0.25, -0.2) is 4.79 Å². The Labute approximate surface area is 113 Å². The second-order valence-electron chi connectivity index (χ2n) is 5.58. The predicted octanol–water partition coefficient (Wildman–Crippen LogP) is 2.40. The zero-order chi connectivity index (χ0) is 14.6. The number of benzene rings is 1. The molecule has 0 saturated heterocycles. The van der Waals surface area contributed by atoms with Gasteiger partial charge in [0.1, 0.15) is 0 Å². The van der Waals surface area contributed by atoms with Crippen molar-refractivity contribution in [3.63, 3.8) is 0 Å². The fraction of sp³-hybridized carbons (Fsp3) is 0.533. The Kier molecular flexibility index (Phi) is 5.09. The maximum atomic E-state index is 10.7. The first kappa shape index (κ1) is 15.7. The van der Waals surface area contributed by atoms with Crippen molar-refractivity contribution in [2.75, 3.05) is 0 Å². The highest BCUT2D eigenvalue weighted by Crippen LogP contribution is 2.24. The van der Waals surface area contributed by atoms with Crippen LogP contribution in [0.15, 0.2) is 24.3 Å². The van der Waals surface area contributed by atoms with Gasteiger partial charge < -0.3 is 15.3 Å². The Morgan fingerprint density at radius 2 is 1.74 bits per heavy atom. The van der Waals surface area contributed by atoms with Crippen LogP contribution < -0.4 is 0 Å². The monoisotopic (exact) mass is 266 g/mol. The van der Waals surface area contributed by atoms with Crippen LogP contribution in [0.1, 0.15) is 55.5 Å². The summed E-state index contributed by atoms with van der Waals surface area (Å²) < 4.78 is 0. The first-order valence-corrected chi connectivity index (χ1v) is 6.45. The summed E-state index contributed by atoms with van der Waals surface area (Å²) in [4.78, 5) is 10.7. The Balaban J connectivity index is 2.59. The fourth-order valence-electron chi connectivity index (χ4n) is 1.88. The van der Waals surface area contributed by atoms with E-state index in [1.165, 1.54) is 0 Å². The third-order valence-corrected chi connectivity index (χ3v) is 3.42. The summed E-state index contributed by atoms with van der Waals surface area (Å²) in [6, 6.07) is 6.76. The molecule has 0 aliphatic carbocycles. The minimum atomic E-state index is -1.09. The molecule has 106 valence electrons. The molecular weight excluding hydrogens is 244 g/mol. The Hall–Kier alpha value is -1.39. The van der Waals surface area contributed by atoms with E-state index in [9.17, 15) is 15.0 Å². The average molecular weight is 266 g/mol. The Bertz CT molecular complexity index is 417. The molecule has 0 bridgehead atoms. The van der Waals surface area contributed by atoms with Gasteiger partial charge in [0.05, 0.1) is 17.3 Å². The number of aliphatic hydroxyl groups is 2. The fourth-order valence-corrected chi connectivity index (χ4v) is 1.88. The molecule has 3 N–H and O–H groups in total. The van der Waals surface area contributed by atoms with E-state index in [-0.39, 0.29) is 11.5 Å². The quantitative estimate of drug-likeness (QED) is 0.739. The molecule has 0 aromatic heterocycles. The Morgan fingerprint density at radius 1 is 1.21 bits per heavy atom. The normalized spacial score (nSPS) is 15.0. The van der Waals surface area contributed by atoms with Crippen LogP contribution in [0.3, 0.4) is 0 Å². The molecule has 19 heavy (non-hydrogen) atoms. The molecular formula is C15H22O4. The van der Waals surface area contributed by atoms with Crippen molar-refractivity contribution in [1.29, 1.82) is 0 Å². The molecule has 1 aromatic rings. The minimum absolute atomic E-state index is 0.208. The molecule has 1 aromatic carbocycles. The molecule has 2 atom stereocenters. The minimum Gasteiger partial charge on any atom is -0.478 e. The van der Waals surface area contributed by atoms with Crippen LogP contribution in [0.4, 0.5) is 0 Å². The number of rotatable bonds is 6. The van der Waals surface area contributed by atoms with Gasteiger partial charge in [0.25, 0.3) is 0 Å². The second-order valence-corrected chi connectivity index (χ2v) is 5.58. The molecule has 0 saturated carbocycles. The first-order valence-electron chi connectivity index (χ1n) is 6.45. The van der Waals surface area contributed by atoms with Crippen molar-refractivity contribution in [2.24, 2.45) is 0 Å². The molecule has 4 nitrogen and oxygen atoms in total. The largest absolute Gasteiger partial charge is 0.478 e. The summed E-state index contributed by atoms with van der Waals surface area (Å²) in [6.45, 7) is 5.20. The number of carboxylic acids is 1. The van der Waals surface area contributed by atoms with Gasteiger partial charge in [0.2, 0.25) is 0 Å². The van der Waals surface area contributed by atoms with Crippen molar-refractivity contribution >= 4 is 5.97 Å². The van der Waals surface area contributed by atoms with E-state index in [1.807, 2.05) is 6.92 Å². The zero-order valence-electron chi connectivity index (χ0n) is 11.6. The SMILES string of the molecule is C[C@@H](CC[C@@H](O)C(C)(C)O)c1ccc(C(=O)O)cc1. The van der Waals surface area contributed by atoms with Gasteiger partial charge in [-0.3, -0.25) is 0 Å². The van der Waals surface area contributed by atoms with E-state index in [0.29, 0.717) is 6.42 Å². The van der Waals surface area contributed by atoms with E-state index in [0.717, 1.165) is 12.0 Å². The third-order valence-electron chi connectivity index (χ3n) is 3.42. The van der Waals surface area contributed by atoms with E-state index < -0.39 is 17.7 Å². The molecule has 0 heterocycles. The van der Waals surface area contributed by atoms with Crippen molar-refractivity contribution in [3.8, 4) is 0 Å². The molecule has 0 amide bonds. The number of aliphatic hydroxyl groups excluding tert-OH is 1. The summed E-state index contributed by atoms with van der Waals surface area (Å²) in [6.07, 6.45) is 0.483. The van der Waals surface area contributed by atoms with Gasteiger partial charge in [-0.2, -0.15) is 0 Å². The lowest BCUT2D eigenvalue weighted by Crippen LogP contribution is -2.35. The first-order chi connectivity index (χ1) is 8.71. The van der Waals surface area contributed by atoms with E-state index >= 15 is 0 Å². The molecule has 4 heteroatoms. The Morgan fingerprint density at radius 3 is 2.16 bits per heavy atom. The van der Waals surface area contributed by atoms with Crippen LogP contribution in [-0.2, 0) is 0 Å². The number of hydrogen-bond donors (Lipinski definition) is 3.